The summed E-state index contributed by atoms with van der Waals surface area (Å²) in [4.78, 5) is 17.2. The van der Waals surface area contributed by atoms with Crippen LogP contribution in [0.4, 0.5) is 0 Å². The number of aromatic nitrogens is 5. The van der Waals surface area contributed by atoms with Crippen molar-refractivity contribution in [1.29, 1.82) is 0 Å². The number of nitrogens with zero attached hydrogens (tertiary/aromatic N) is 5. The molecule has 0 N–H and O–H groups in total. The monoisotopic (exact) mass is 547 g/mol. The summed E-state index contributed by atoms with van der Waals surface area (Å²) in [6, 6.07) is 22.7. The van der Waals surface area contributed by atoms with Crippen molar-refractivity contribution in [2.75, 3.05) is 6.61 Å². The molecule has 174 valence electrons. The summed E-state index contributed by atoms with van der Waals surface area (Å²) in [5, 5.41) is 9.61. The first-order valence-corrected chi connectivity index (χ1v) is 12.6. The third-order valence-electron chi connectivity index (χ3n) is 5.50. The molecular weight excluding hydrogens is 530 g/mol. The molecule has 3 aromatic heterocycles. The summed E-state index contributed by atoms with van der Waals surface area (Å²) in [6.45, 7) is 0.325. The standard InChI is InChI=1S/C25H18BrN5O3S/c26-16-10-11-22-27-17(12-23(32)30(22)13-16)15-35-25-29-28-24(31(25)18-6-2-1-3-7-18)21-14-33-19-8-4-5-9-20(19)34-21/h1-13,21H,14-15H2/t21-/m1/s1. The molecule has 35 heavy (non-hydrogen) atoms. The summed E-state index contributed by atoms with van der Waals surface area (Å²) < 4.78 is 16.4. The van der Waals surface area contributed by atoms with Gasteiger partial charge in [0.05, 0.1) is 5.69 Å². The molecule has 4 heterocycles. The van der Waals surface area contributed by atoms with Gasteiger partial charge >= 0.3 is 0 Å². The number of benzene rings is 2. The number of hydrogen-bond donors (Lipinski definition) is 0. The highest BCUT2D eigenvalue weighted by molar-refractivity contribution is 9.10. The molecule has 1 aliphatic rings. The number of ether oxygens (including phenoxy) is 2. The Labute approximate surface area is 212 Å². The predicted molar refractivity (Wildman–Crippen MR) is 135 cm³/mol. The van der Waals surface area contributed by atoms with Crippen LogP contribution in [0.1, 0.15) is 17.6 Å². The maximum atomic E-state index is 12.6. The molecule has 0 unspecified atom stereocenters. The molecule has 0 bridgehead atoms. The maximum absolute atomic E-state index is 12.6. The smallest absolute Gasteiger partial charge is 0.258 e. The Morgan fingerprint density at radius 1 is 1.00 bits per heavy atom. The lowest BCUT2D eigenvalue weighted by Crippen LogP contribution is -2.24. The van der Waals surface area contributed by atoms with Crippen LogP contribution in [0.15, 0.2) is 93.4 Å². The van der Waals surface area contributed by atoms with Crippen molar-refractivity contribution in [3.8, 4) is 17.2 Å². The fraction of sp³-hybridized carbons (Fsp3) is 0.120. The van der Waals surface area contributed by atoms with Crippen molar-refractivity contribution in [3.63, 3.8) is 0 Å². The Balaban J connectivity index is 1.33. The Morgan fingerprint density at radius 3 is 2.66 bits per heavy atom. The minimum atomic E-state index is -0.422. The van der Waals surface area contributed by atoms with Gasteiger partial charge in [0.25, 0.3) is 5.56 Å². The molecule has 8 nitrogen and oxygen atoms in total. The van der Waals surface area contributed by atoms with Gasteiger partial charge in [-0.25, -0.2) is 4.98 Å². The van der Waals surface area contributed by atoms with Crippen LogP contribution >= 0.6 is 27.7 Å². The number of halogens is 1. The highest BCUT2D eigenvalue weighted by Crippen LogP contribution is 2.37. The van der Waals surface area contributed by atoms with Crippen LogP contribution < -0.4 is 15.0 Å². The van der Waals surface area contributed by atoms with Crippen LogP contribution in [0, 0.1) is 0 Å². The summed E-state index contributed by atoms with van der Waals surface area (Å²) in [5.41, 5.74) is 2.03. The average molecular weight is 548 g/mol. The van der Waals surface area contributed by atoms with Crippen molar-refractivity contribution in [2.45, 2.75) is 17.0 Å². The fourth-order valence-electron chi connectivity index (χ4n) is 3.89. The molecule has 2 aromatic carbocycles. The van der Waals surface area contributed by atoms with Gasteiger partial charge in [0, 0.05) is 28.2 Å². The van der Waals surface area contributed by atoms with Crippen LogP contribution in [0.5, 0.6) is 11.5 Å². The molecule has 0 aliphatic carbocycles. The largest absolute Gasteiger partial charge is 0.485 e. The lowest BCUT2D eigenvalue weighted by Gasteiger charge is -2.26. The molecule has 0 saturated carbocycles. The van der Waals surface area contributed by atoms with E-state index in [0.29, 0.717) is 46.2 Å². The van der Waals surface area contributed by atoms with E-state index in [1.54, 1.807) is 12.3 Å². The van der Waals surface area contributed by atoms with Gasteiger partial charge in [-0.15, -0.1) is 10.2 Å². The Kier molecular flexibility index (Phi) is 5.75. The third kappa shape index (κ3) is 4.30. The van der Waals surface area contributed by atoms with E-state index in [4.69, 9.17) is 9.47 Å². The summed E-state index contributed by atoms with van der Waals surface area (Å²) in [5.74, 6) is 2.49. The van der Waals surface area contributed by atoms with E-state index in [-0.39, 0.29) is 5.56 Å². The fourth-order valence-corrected chi connectivity index (χ4v) is 5.08. The van der Waals surface area contributed by atoms with E-state index < -0.39 is 6.10 Å². The highest BCUT2D eigenvalue weighted by Gasteiger charge is 2.29. The number of pyridine rings is 1. The second-order valence-electron chi connectivity index (χ2n) is 7.83. The van der Waals surface area contributed by atoms with E-state index in [0.717, 1.165) is 10.2 Å². The lowest BCUT2D eigenvalue weighted by molar-refractivity contribution is 0.0835. The Hall–Kier alpha value is -3.63. The molecule has 1 aliphatic heterocycles. The average Bonchev–Trinajstić information content (AvgIpc) is 3.32. The minimum absolute atomic E-state index is 0.136. The number of rotatable bonds is 5. The molecule has 0 fully saturated rings. The first-order chi connectivity index (χ1) is 17.2. The van der Waals surface area contributed by atoms with Gasteiger partial charge in [-0.05, 0) is 52.3 Å². The van der Waals surface area contributed by atoms with E-state index >= 15 is 0 Å². The van der Waals surface area contributed by atoms with Gasteiger partial charge in [-0.1, -0.05) is 42.1 Å². The van der Waals surface area contributed by atoms with Crippen molar-refractivity contribution in [3.05, 3.63) is 105 Å². The van der Waals surface area contributed by atoms with Crippen molar-refractivity contribution in [1.82, 2.24) is 24.1 Å². The number of thioether (sulfide) groups is 1. The lowest BCUT2D eigenvalue weighted by atomic mass is 10.2. The van der Waals surface area contributed by atoms with Gasteiger partial charge in [0.15, 0.2) is 28.6 Å². The topological polar surface area (TPSA) is 83.5 Å². The number of para-hydroxylation sites is 3. The molecule has 0 radical (unpaired) electrons. The quantitative estimate of drug-likeness (QED) is 0.291. The second-order valence-corrected chi connectivity index (χ2v) is 9.68. The minimum Gasteiger partial charge on any atom is -0.485 e. The van der Waals surface area contributed by atoms with Gasteiger partial charge < -0.3 is 9.47 Å². The molecule has 5 aromatic rings. The first-order valence-electron chi connectivity index (χ1n) is 10.9. The maximum Gasteiger partial charge on any atom is 0.258 e. The van der Waals surface area contributed by atoms with E-state index in [1.807, 2.05) is 71.3 Å². The predicted octanol–water partition coefficient (Wildman–Crippen LogP) is 4.84. The van der Waals surface area contributed by atoms with Crippen LogP contribution in [0.25, 0.3) is 11.3 Å². The van der Waals surface area contributed by atoms with Crippen LogP contribution in [-0.4, -0.2) is 30.8 Å². The van der Waals surface area contributed by atoms with Crippen LogP contribution in [0.3, 0.4) is 0 Å². The zero-order valence-electron chi connectivity index (χ0n) is 18.2. The zero-order chi connectivity index (χ0) is 23.8. The molecule has 0 saturated heterocycles. The van der Waals surface area contributed by atoms with Gasteiger partial charge in [-0.3, -0.25) is 13.8 Å². The van der Waals surface area contributed by atoms with Crippen molar-refractivity contribution < 1.29 is 9.47 Å². The summed E-state index contributed by atoms with van der Waals surface area (Å²) in [7, 11) is 0. The highest BCUT2D eigenvalue weighted by atomic mass is 79.9. The third-order valence-corrected chi connectivity index (χ3v) is 6.93. The normalized spacial score (nSPS) is 14.8. The van der Waals surface area contributed by atoms with E-state index in [1.165, 1.54) is 16.2 Å². The number of fused-ring (bicyclic) bond motifs is 2. The second kappa shape index (κ2) is 9.20. The number of hydrogen-bond acceptors (Lipinski definition) is 7. The summed E-state index contributed by atoms with van der Waals surface area (Å²) in [6.07, 6.45) is 1.29. The molecule has 1 atom stereocenters. The van der Waals surface area contributed by atoms with Crippen LogP contribution in [-0.2, 0) is 5.75 Å². The van der Waals surface area contributed by atoms with Gasteiger partial charge in [0.1, 0.15) is 12.3 Å². The van der Waals surface area contributed by atoms with Crippen LogP contribution in [0.2, 0.25) is 0 Å². The molecule has 10 heteroatoms. The molecule has 0 amide bonds. The van der Waals surface area contributed by atoms with Gasteiger partial charge in [0.2, 0.25) is 0 Å². The van der Waals surface area contributed by atoms with E-state index in [9.17, 15) is 4.79 Å². The molecular formula is C25H18BrN5O3S. The van der Waals surface area contributed by atoms with Crippen molar-refractivity contribution >= 4 is 33.3 Å². The zero-order valence-corrected chi connectivity index (χ0v) is 20.6. The SMILES string of the molecule is O=c1cc(CSc2nnc([C@H]3COc4ccccc4O3)n2-c2ccccc2)nc2ccc(Br)cn12. The Morgan fingerprint density at radius 2 is 1.80 bits per heavy atom. The first kappa shape index (κ1) is 21.9. The Bertz CT molecular complexity index is 1590. The summed E-state index contributed by atoms with van der Waals surface area (Å²) >= 11 is 4.85. The van der Waals surface area contributed by atoms with Crippen molar-refractivity contribution in [2.24, 2.45) is 0 Å². The molecule has 0 spiro atoms. The van der Waals surface area contributed by atoms with Gasteiger partial charge in [-0.2, -0.15) is 0 Å². The molecule has 6 rings (SSSR count). The van der Waals surface area contributed by atoms with E-state index in [2.05, 4.69) is 31.1 Å².